The van der Waals surface area contributed by atoms with Gasteiger partial charge in [0, 0.05) is 51.9 Å². The van der Waals surface area contributed by atoms with E-state index in [2.05, 4.69) is 32.2 Å². The normalized spacial score (nSPS) is 24.2. The van der Waals surface area contributed by atoms with Crippen molar-refractivity contribution in [3.63, 3.8) is 0 Å². The lowest BCUT2D eigenvalue weighted by Crippen LogP contribution is -2.51. The summed E-state index contributed by atoms with van der Waals surface area (Å²) in [4.78, 5) is 34.2. The molecule has 2 fully saturated rings. The highest BCUT2D eigenvalue weighted by Crippen LogP contribution is 2.41. The largest absolute Gasteiger partial charge is 0.366 e. The maximum absolute atomic E-state index is 14.3. The van der Waals surface area contributed by atoms with Gasteiger partial charge in [0.1, 0.15) is 0 Å². The maximum Gasteiger partial charge on any atom is 0.243 e. The Bertz CT molecular complexity index is 1090. The molecule has 10 heteroatoms. The Morgan fingerprint density at radius 2 is 1.97 bits per heavy atom. The van der Waals surface area contributed by atoms with Gasteiger partial charge in [-0.05, 0) is 29.2 Å². The molecule has 2 saturated heterocycles. The van der Waals surface area contributed by atoms with Gasteiger partial charge < -0.3 is 4.90 Å². The minimum absolute atomic E-state index is 0.100. The summed E-state index contributed by atoms with van der Waals surface area (Å²) in [6, 6.07) is 7.54. The van der Waals surface area contributed by atoms with E-state index in [9.17, 15) is 14.0 Å². The van der Waals surface area contributed by atoms with Crippen LogP contribution in [0.25, 0.3) is 0 Å². The molecule has 3 aliphatic heterocycles. The number of fused-ring (bicyclic) bond motifs is 1. The van der Waals surface area contributed by atoms with Crippen LogP contribution >= 0.6 is 24.2 Å². The lowest BCUT2D eigenvalue weighted by atomic mass is 10.0. The Morgan fingerprint density at radius 1 is 1.18 bits per heavy atom. The number of benzene rings is 1. The quantitative estimate of drug-likeness (QED) is 0.391. The number of thiol groups is 1. The zero-order valence-electron chi connectivity index (χ0n) is 18.0. The number of nitrogens with zero attached hydrogens (tertiary/aromatic N) is 4. The number of hydrogen-bond acceptors (Lipinski definition) is 7. The van der Waals surface area contributed by atoms with Gasteiger partial charge in [0.15, 0.2) is 11.0 Å². The third kappa shape index (κ3) is 4.35. The van der Waals surface area contributed by atoms with Crippen LogP contribution in [-0.4, -0.2) is 58.8 Å². The fourth-order valence-corrected chi connectivity index (χ4v) is 5.64. The van der Waals surface area contributed by atoms with Crippen LogP contribution in [0.4, 0.5) is 10.1 Å². The smallest absolute Gasteiger partial charge is 0.243 e. The van der Waals surface area contributed by atoms with Crippen molar-refractivity contribution < 1.29 is 14.0 Å². The molecule has 5 rings (SSSR count). The monoisotopic (exact) mass is 489 g/mol. The van der Waals surface area contributed by atoms with Crippen LogP contribution in [0.15, 0.2) is 30.5 Å². The zero-order chi connectivity index (χ0) is 23.1. The van der Waals surface area contributed by atoms with Crippen molar-refractivity contribution in [1.29, 1.82) is 0 Å². The average Bonchev–Trinajstić information content (AvgIpc) is 3.14. The van der Waals surface area contributed by atoms with Crippen molar-refractivity contribution in [1.82, 2.24) is 20.1 Å². The number of halogens is 2. The molecule has 2 atom stereocenters. The summed E-state index contributed by atoms with van der Waals surface area (Å²) in [6.07, 6.45) is 2.40. The first-order valence-corrected chi connectivity index (χ1v) is 12.0. The highest BCUT2D eigenvalue weighted by molar-refractivity contribution is 7.80. The van der Waals surface area contributed by atoms with Crippen LogP contribution in [0, 0.1) is 5.82 Å². The number of carbonyl (C=O) groups is 2. The number of anilines is 1. The van der Waals surface area contributed by atoms with E-state index >= 15 is 0 Å². The van der Waals surface area contributed by atoms with E-state index in [-0.39, 0.29) is 28.4 Å². The maximum atomic E-state index is 14.3. The van der Waals surface area contributed by atoms with E-state index in [4.69, 9.17) is 24.2 Å². The van der Waals surface area contributed by atoms with Crippen LogP contribution in [0.1, 0.15) is 34.9 Å². The lowest BCUT2D eigenvalue weighted by molar-refractivity contribution is -0.137. The van der Waals surface area contributed by atoms with E-state index < -0.39 is 5.82 Å². The summed E-state index contributed by atoms with van der Waals surface area (Å²) in [5.74, 6) is -0.918. The molecular formula is C23H25ClFN5O2S. The van der Waals surface area contributed by atoms with E-state index in [1.165, 1.54) is 17.3 Å². The Morgan fingerprint density at radius 3 is 2.73 bits per heavy atom. The van der Waals surface area contributed by atoms with Crippen molar-refractivity contribution in [3.8, 4) is 0 Å². The minimum atomic E-state index is -0.471. The number of hydrogen-bond donors (Lipinski definition) is 2. The van der Waals surface area contributed by atoms with Gasteiger partial charge in [0.2, 0.25) is 11.8 Å². The van der Waals surface area contributed by atoms with E-state index in [0.717, 1.165) is 25.2 Å². The summed E-state index contributed by atoms with van der Waals surface area (Å²) in [5.41, 5.74) is 4.03. The number of carbonyl (C=O) groups excluding carboxylic acids is 2. The first kappa shape index (κ1) is 22.6. The molecule has 0 bridgehead atoms. The minimum Gasteiger partial charge on any atom is -0.366 e. The predicted octanol–water partition coefficient (Wildman–Crippen LogP) is 2.75. The molecule has 174 valence electrons. The number of rotatable bonds is 4. The van der Waals surface area contributed by atoms with Crippen LogP contribution < -0.4 is 10.2 Å². The van der Waals surface area contributed by atoms with Crippen molar-refractivity contribution in [3.05, 3.63) is 58.1 Å². The number of amides is 2. The molecule has 7 nitrogen and oxygen atoms in total. The number of nitrogens with one attached hydrogen (secondary N) is 1. The fraction of sp³-hybridized carbons (Fsp3) is 0.435. The number of piperazine rings is 1. The summed E-state index contributed by atoms with van der Waals surface area (Å²) >= 11 is 10.7. The molecule has 2 unspecified atom stereocenters. The Kier molecular flexibility index (Phi) is 6.30. The van der Waals surface area contributed by atoms with Gasteiger partial charge in [-0.2, -0.15) is 12.6 Å². The molecule has 33 heavy (non-hydrogen) atoms. The van der Waals surface area contributed by atoms with Gasteiger partial charge >= 0.3 is 0 Å². The lowest BCUT2D eigenvalue weighted by Gasteiger charge is -2.36. The first-order chi connectivity index (χ1) is 15.9. The zero-order valence-corrected chi connectivity index (χ0v) is 19.7. The third-order valence-corrected chi connectivity index (χ3v) is 7.62. The standard InChI is InChI=1S/C23H25ClFN5O2S/c24-21-20(25)17(6-7-26-21)29-10-8-28(9-11-29)12-14-2-1-3-15-16(14)13-30(23(15)33)18-4-5-19(31)27-22(18)32/h1-3,6-7,18,23,33H,4-5,8-13H2,(H,27,31,32). The van der Waals surface area contributed by atoms with Gasteiger partial charge in [-0.1, -0.05) is 29.8 Å². The molecule has 3 aliphatic rings. The summed E-state index contributed by atoms with van der Waals surface area (Å²) in [5, 5.41) is 2.17. The average molecular weight is 490 g/mol. The van der Waals surface area contributed by atoms with Crippen molar-refractivity contribution in [2.75, 3.05) is 31.1 Å². The summed E-state index contributed by atoms with van der Waals surface area (Å²) in [7, 11) is 0. The topological polar surface area (TPSA) is 68.8 Å². The van der Waals surface area contributed by atoms with Gasteiger partial charge in [-0.3, -0.25) is 24.7 Å². The summed E-state index contributed by atoms with van der Waals surface area (Å²) < 4.78 is 14.3. The number of aromatic nitrogens is 1. The second kappa shape index (κ2) is 9.21. The fourth-order valence-electron chi connectivity index (χ4n) is 5.01. The van der Waals surface area contributed by atoms with Crippen LogP contribution in [-0.2, 0) is 22.7 Å². The van der Waals surface area contributed by atoms with Gasteiger partial charge in [-0.25, -0.2) is 9.37 Å². The highest BCUT2D eigenvalue weighted by Gasteiger charge is 2.39. The van der Waals surface area contributed by atoms with Crippen molar-refractivity contribution in [2.45, 2.75) is 37.3 Å². The van der Waals surface area contributed by atoms with E-state index in [0.29, 0.717) is 38.2 Å². The Hall–Kier alpha value is -2.20. The van der Waals surface area contributed by atoms with E-state index in [1.807, 2.05) is 11.0 Å². The molecule has 1 aromatic heterocycles. The van der Waals surface area contributed by atoms with Crippen molar-refractivity contribution >= 4 is 41.7 Å². The molecule has 1 N–H and O–H groups in total. The molecular weight excluding hydrogens is 465 g/mol. The Balaban J connectivity index is 1.26. The molecule has 0 aliphatic carbocycles. The first-order valence-electron chi connectivity index (χ1n) is 11.1. The molecule has 2 amide bonds. The number of imide groups is 1. The highest BCUT2D eigenvalue weighted by atomic mass is 35.5. The molecule has 0 saturated carbocycles. The van der Waals surface area contributed by atoms with Crippen LogP contribution in [0.3, 0.4) is 0 Å². The Labute approximate surface area is 202 Å². The predicted molar refractivity (Wildman–Crippen MR) is 127 cm³/mol. The van der Waals surface area contributed by atoms with Gasteiger partial charge in [-0.15, -0.1) is 0 Å². The van der Waals surface area contributed by atoms with Crippen LogP contribution in [0.2, 0.25) is 5.15 Å². The molecule has 2 aromatic rings. The third-order valence-electron chi connectivity index (χ3n) is 6.79. The van der Waals surface area contributed by atoms with Crippen LogP contribution in [0.5, 0.6) is 0 Å². The second-order valence-electron chi connectivity index (χ2n) is 8.70. The number of pyridine rings is 1. The molecule has 0 radical (unpaired) electrons. The molecule has 4 heterocycles. The molecule has 1 aromatic carbocycles. The van der Waals surface area contributed by atoms with Gasteiger partial charge in [0.25, 0.3) is 0 Å². The second-order valence-corrected chi connectivity index (χ2v) is 9.54. The van der Waals surface area contributed by atoms with Crippen molar-refractivity contribution in [2.24, 2.45) is 0 Å². The summed E-state index contributed by atoms with van der Waals surface area (Å²) in [6.45, 7) is 4.40. The molecule has 0 spiro atoms. The SMILES string of the molecule is O=C1CCC(N2Cc3c(CN4CCN(c5ccnc(Cl)c5F)CC4)cccc3C2S)C(=O)N1. The van der Waals surface area contributed by atoms with E-state index in [1.54, 1.807) is 6.07 Å². The number of piperidine rings is 1. The van der Waals surface area contributed by atoms with Gasteiger partial charge in [0.05, 0.1) is 17.1 Å².